The van der Waals surface area contributed by atoms with Crippen LogP contribution in [0.3, 0.4) is 0 Å². The summed E-state index contributed by atoms with van der Waals surface area (Å²) in [5.41, 5.74) is 2.47. The summed E-state index contributed by atoms with van der Waals surface area (Å²) < 4.78 is 0. The predicted octanol–water partition coefficient (Wildman–Crippen LogP) is 3.51. The van der Waals surface area contributed by atoms with Gasteiger partial charge >= 0.3 is 0 Å². The Kier molecular flexibility index (Phi) is 5.60. The monoisotopic (exact) mass is 384 g/mol. The molecule has 3 aromatic rings. The van der Waals surface area contributed by atoms with E-state index in [1.165, 1.54) is 22.3 Å². The third-order valence-electron chi connectivity index (χ3n) is 4.19. The molecule has 1 aromatic carbocycles. The molecule has 142 valence electrons. The van der Waals surface area contributed by atoms with Crippen molar-refractivity contribution in [3.05, 3.63) is 47.1 Å². The van der Waals surface area contributed by atoms with Gasteiger partial charge in [-0.25, -0.2) is 4.98 Å². The fourth-order valence-electron chi connectivity index (χ4n) is 2.63. The zero-order valence-electron chi connectivity index (χ0n) is 15.8. The smallest absolute Gasteiger partial charge is 0.231 e. The van der Waals surface area contributed by atoms with Crippen molar-refractivity contribution in [3.8, 4) is 0 Å². The Morgan fingerprint density at radius 2 is 2.00 bits per heavy atom. The number of hydrogen-bond acceptors (Lipinski definition) is 4. The molecule has 0 bridgehead atoms. The molecule has 2 aromatic heterocycles. The Morgan fingerprint density at radius 3 is 2.78 bits per heavy atom. The van der Waals surface area contributed by atoms with E-state index in [2.05, 4.69) is 26.7 Å². The van der Waals surface area contributed by atoms with Crippen LogP contribution in [0.1, 0.15) is 32.0 Å². The van der Waals surface area contributed by atoms with Gasteiger partial charge in [0, 0.05) is 34.4 Å². The van der Waals surface area contributed by atoms with Crippen LogP contribution in [0.2, 0.25) is 0 Å². The van der Waals surface area contributed by atoms with E-state index in [1.54, 1.807) is 5.38 Å². The topological polar surface area (TPSA) is 86.9 Å². The Hall–Kier alpha value is -2.67. The number of para-hydroxylation sites is 1. The normalized spacial score (nSPS) is 11.5. The molecule has 0 spiro atoms. The molecule has 0 fully saturated rings. The van der Waals surface area contributed by atoms with Gasteiger partial charge in [-0.3, -0.25) is 9.59 Å². The van der Waals surface area contributed by atoms with Crippen molar-refractivity contribution in [3.63, 3.8) is 0 Å². The zero-order valence-corrected chi connectivity index (χ0v) is 16.6. The van der Waals surface area contributed by atoms with E-state index in [0.717, 1.165) is 11.9 Å². The number of thiazole rings is 1. The van der Waals surface area contributed by atoms with Gasteiger partial charge < -0.3 is 15.6 Å². The number of anilines is 1. The molecule has 0 radical (unpaired) electrons. The summed E-state index contributed by atoms with van der Waals surface area (Å²) in [4.78, 5) is 31.7. The first-order valence-corrected chi connectivity index (χ1v) is 9.78. The molecule has 27 heavy (non-hydrogen) atoms. The third-order valence-corrected chi connectivity index (χ3v) is 4.99. The second-order valence-electron chi connectivity index (χ2n) is 7.48. The molecule has 7 heteroatoms. The van der Waals surface area contributed by atoms with Crippen molar-refractivity contribution in [2.75, 3.05) is 11.9 Å². The van der Waals surface area contributed by atoms with Gasteiger partial charge in [0.25, 0.3) is 0 Å². The molecule has 2 heterocycles. The van der Waals surface area contributed by atoms with Crippen LogP contribution < -0.4 is 10.6 Å². The van der Waals surface area contributed by atoms with Crippen LogP contribution in [0.5, 0.6) is 0 Å². The lowest BCUT2D eigenvalue weighted by atomic mass is 9.96. The summed E-state index contributed by atoms with van der Waals surface area (Å²) in [7, 11) is 0. The number of benzene rings is 1. The number of fused-ring (bicyclic) bond motifs is 1. The van der Waals surface area contributed by atoms with E-state index < -0.39 is 5.41 Å². The molecule has 0 atom stereocenters. The number of aromatic nitrogens is 2. The highest BCUT2D eigenvalue weighted by molar-refractivity contribution is 7.13. The van der Waals surface area contributed by atoms with Crippen molar-refractivity contribution in [2.24, 2.45) is 5.41 Å². The maximum Gasteiger partial charge on any atom is 0.231 e. The van der Waals surface area contributed by atoms with Gasteiger partial charge in [0.05, 0.1) is 12.1 Å². The van der Waals surface area contributed by atoms with Crippen molar-refractivity contribution in [1.82, 2.24) is 15.3 Å². The van der Waals surface area contributed by atoms with E-state index in [1.807, 2.05) is 45.2 Å². The van der Waals surface area contributed by atoms with Crippen LogP contribution in [0.25, 0.3) is 10.9 Å². The third kappa shape index (κ3) is 4.95. The van der Waals surface area contributed by atoms with E-state index >= 15 is 0 Å². The van der Waals surface area contributed by atoms with Crippen LogP contribution in [0.4, 0.5) is 5.13 Å². The van der Waals surface area contributed by atoms with Gasteiger partial charge in [-0.2, -0.15) is 0 Å². The van der Waals surface area contributed by atoms with Crippen molar-refractivity contribution in [1.29, 1.82) is 0 Å². The number of carbonyl (C=O) groups excluding carboxylic acids is 2. The first kappa shape index (κ1) is 19.1. The Balaban J connectivity index is 1.48. The molecule has 2 amide bonds. The van der Waals surface area contributed by atoms with E-state index in [-0.39, 0.29) is 18.2 Å². The zero-order chi connectivity index (χ0) is 19.4. The summed E-state index contributed by atoms with van der Waals surface area (Å²) in [5.74, 6) is -0.166. The fourth-order valence-corrected chi connectivity index (χ4v) is 3.34. The van der Waals surface area contributed by atoms with Crippen molar-refractivity contribution >= 4 is 39.2 Å². The number of nitrogens with one attached hydrogen (secondary N) is 3. The lowest BCUT2D eigenvalue weighted by Crippen LogP contribution is -2.28. The first-order chi connectivity index (χ1) is 12.8. The molecule has 0 aliphatic heterocycles. The lowest BCUT2D eigenvalue weighted by molar-refractivity contribution is -0.123. The maximum absolute atomic E-state index is 12.2. The molecule has 3 rings (SSSR count). The number of nitrogens with zero attached hydrogens (tertiary/aromatic N) is 1. The van der Waals surface area contributed by atoms with Crippen molar-refractivity contribution < 1.29 is 9.59 Å². The van der Waals surface area contributed by atoms with Gasteiger partial charge in [-0.15, -0.1) is 11.3 Å². The van der Waals surface area contributed by atoms with Gasteiger partial charge in [0.15, 0.2) is 5.13 Å². The molecular formula is C20H24N4O2S. The molecule has 0 saturated carbocycles. The number of carbonyl (C=O) groups is 2. The van der Waals surface area contributed by atoms with Gasteiger partial charge in [0.1, 0.15) is 0 Å². The van der Waals surface area contributed by atoms with Crippen LogP contribution in [-0.2, 0) is 22.4 Å². The van der Waals surface area contributed by atoms with Crippen LogP contribution in [0, 0.1) is 5.41 Å². The number of hydrogen-bond donors (Lipinski definition) is 3. The van der Waals surface area contributed by atoms with E-state index in [0.29, 0.717) is 17.4 Å². The second kappa shape index (κ2) is 7.92. The van der Waals surface area contributed by atoms with E-state index in [9.17, 15) is 9.59 Å². The molecule has 3 N–H and O–H groups in total. The predicted molar refractivity (Wildman–Crippen MR) is 109 cm³/mol. The highest BCUT2D eigenvalue weighted by Crippen LogP contribution is 2.21. The Morgan fingerprint density at radius 1 is 1.22 bits per heavy atom. The standard InChI is InChI=1S/C20H24N4O2S/c1-20(2,3)18(26)24-19-23-14(12-27-19)10-17(25)21-9-8-13-11-22-16-7-5-4-6-15(13)16/h4-7,11-12,22H,8-10H2,1-3H3,(H,21,25)(H,23,24,26). The minimum absolute atomic E-state index is 0.0751. The fraction of sp³-hybridized carbons (Fsp3) is 0.350. The average Bonchev–Trinajstić information content (AvgIpc) is 3.21. The number of H-pyrrole nitrogens is 1. The molecule has 0 saturated heterocycles. The first-order valence-electron chi connectivity index (χ1n) is 8.90. The van der Waals surface area contributed by atoms with Gasteiger partial charge in [0.2, 0.25) is 11.8 Å². The number of amides is 2. The molecule has 0 aliphatic carbocycles. The largest absolute Gasteiger partial charge is 0.361 e. The Labute approximate surface area is 162 Å². The summed E-state index contributed by atoms with van der Waals surface area (Å²) in [6.45, 7) is 6.10. The quantitative estimate of drug-likeness (QED) is 0.608. The van der Waals surface area contributed by atoms with Crippen LogP contribution in [-0.4, -0.2) is 28.3 Å². The number of aromatic amines is 1. The number of rotatable bonds is 6. The molecule has 6 nitrogen and oxygen atoms in total. The lowest BCUT2D eigenvalue weighted by Gasteiger charge is -2.15. The maximum atomic E-state index is 12.2. The Bertz CT molecular complexity index is 952. The minimum atomic E-state index is -0.481. The van der Waals surface area contributed by atoms with Crippen molar-refractivity contribution in [2.45, 2.75) is 33.6 Å². The SMILES string of the molecule is CC(C)(C)C(=O)Nc1nc(CC(=O)NCCc2c[nH]c3ccccc23)cs1. The average molecular weight is 385 g/mol. The summed E-state index contributed by atoms with van der Waals surface area (Å²) in [6, 6.07) is 8.12. The molecule has 0 aliphatic rings. The molecule has 0 unspecified atom stereocenters. The summed E-state index contributed by atoms with van der Waals surface area (Å²) in [6.07, 6.45) is 2.96. The summed E-state index contributed by atoms with van der Waals surface area (Å²) >= 11 is 1.33. The summed E-state index contributed by atoms with van der Waals surface area (Å²) in [5, 5.41) is 9.23. The highest BCUT2D eigenvalue weighted by Gasteiger charge is 2.22. The highest BCUT2D eigenvalue weighted by atomic mass is 32.1. The van der Waals surface area contributed by atoms with Crippen LogP contribution >= 0.6 is 11.3 Å². The van der Waals surface area contributed by atoms with Gasteiger partial charge in [-0.05, 0) is 18.1 Å². The van der Waals surface area contributed by atoms with Crippen LogP contribution in [0.15, 0.2) is 35.8 Å². The molecular weight excluding hydrogens is 360 g/mol. The van der Waals surface area contributed by atoms with Gasteiger partial charge in [-0.1, -0.05) is 39.0 Å². The minimum Gasteiger partial charge on any atom is -0.361 e. The van der Waals surface area contributed by atoms with E-state index in [4.69, 9.17) is 0 Å². The second-order valence-corrected chi connectivity index (χ2v) is 8.34.